The molecular formula is C21H24N2O2. The summed E-state index contributed by atoms with van der Waals surface area (Å²) in [6.45, 7) is 2.24. The van der Waals surface area contributed by atoms with E-state index in [0.29, 0.717) is 12.3 Å². The first kappa shape index (κ1) is 16.2. The van der Waals surface area contributed by atoms with Gasteiger partial charge in [-0.05, 0) is 50.2 Å². The second-order valence-corrected chi connectivity index (χ2v) is 7.37. The standard InChI is InChI=1S/C21H24N2O2/c1-22(2)15-17-7-8-19(25-17)20(24)23-13-11-21(12-14-23)10-9-16-5-3-4-6-18(16)21/h3-10H,11-15H2,1-2H3. The molecule has 2 aromatic rings. The van der Waals surface area contributed by atoms with Crippen LogP contribution in [0.25, 0.3) is 6.08 Å². The van der Waals surface area contributed by atoms with E-state index in [2.05, 4.69) is 36.4 Å². The van der Waals surface area contributed by atoms with Gasteiger partial charge in [0, 0.05) is 18.5 Å². The Bertz CT molecular complexity index is 811. The van der Waals surface area contributed by atoms with Crippen LogP contribution in [-0.2, 0) is 12.0 Å². The first-order chi connectivity index (χ1) is 12.1. The largest absolute Gasteiger partial charge is 0.455 e. The number of hydrogen-bond donors (Lipinski definition) is 0. The Morgan fingerprint density at radius 1 is 1.16 bits per heavy atom. The smallest absolute Gasteiger partial charge is 0.289 e. The molecule has 1 aromatic carbocycles. The highest BCUT2D eigenvalue weighted by Crippen LogP contribution is 2.43. The molecule has 0 atom stereocenters. The van der Waals surface area contributed by atoms with Crippen LogP contribution in [0.5, 0.6) is 0 Å². The van der Waals surface area contributed by atoms with Crippen LogP contribution in [0, 0.1) is 0 Å². The molecule has 1 amide bonds. The van der Waals surface area contributed by atoms with E-state index in [1.807, 2.05) is 30.0 Å². The number of furan rings is 1. The molecule has 25 heavy (non-hydrogen) atoms. The Morgan fingerprint density at radius 3 is 2.68 bits per heavy atom. The molecule has 4 heteroatoms. The fourth-order valence-electron chi connectivity index (χ4n) is 4.03. The number of benzene rings is 1. The fourth-order valence-corrected chi connectivity index (χ4v) is 4.03. The Morgan fingerprint density at radius 2 is 1.92 bits per heavy atom. The fraction of sp³-hybridized carbons (Fsp3) is 0.381. The SMILES string of the molecule is CN(C)Cc1ccc(C(=O)N2CCC3(C=Cc4ccccc43)CC2)o1. The van der Waals surface area contributed by atoms with E-state index in [1.54, 1.807) is 6.07 Å². The topological polar surface area (TPSA) is 36.7 Å². The predicted molar refractivity (Wildman–Crippen MR) is 98.4 cm³/mol. The van der Waals surface area contributed by atoms with Crippen LogP contribution >= 0.6 is 0 Å². The molecule has 1 aliphatic heterocycles. The number of carbonyl (C=O) groups is 1. The number of rotatable bonds is 3. The first-order valence-electron chi connectivity index (χ1n) is 8.89. The van der Waals surface area contributed by atoms with Crippen LogP contribution in [0.15, 0.2) is 46.9 Å². The first-order valence-corrected chi connectivity index (χ1v) is 8.89. The zero-order valence-electron chi connectivity index (χ0n) is 14.9. The zero-order chi connectivity index (χ0) is 17.4. The van der Waals surface area contributed by atoms with Gasteiger partial charge in [0.1, 0.15) is 5.76 Å². The van der Waals surface area contributed by atoms with Crippen molar-refractivity contribution in [3.63, 3.8) is 0 Å². The van der Waals surface area contributed by atoms with Gasteiger partial charge >= 0.3 is 0 Å². The molecule has 0 N–H and O–H groups in total. The van der Waals surface area contributed by atoms with E-state index in [4.69, 9.17) is 4.42 Å². The minimum atomic E-state index is 0.00937. The van der Waals surface area contributed by atoms with E-state index in [9.17, 15) is 4.79 Å². The predicted octanol–water partition coefficient (Wildman–Crippen LogP) is 3.54. The monoisotopic (exact) mass is 336 g/mol. The maximum atomic E-state index is 12.7. The van der Waals surface area contributed by atoms with E-state index < -0.39 is 0 Å². The molecule has 0 saturated carbocycles. The molecule has 0 bridgehead atoms. The van der Waals surface area contributed by atoms with Crippen molar-refractivity contribution in [2.24, 2.45) is 0 Å². The molecule has 1 spiro atoms. The van der Waals surface area contributed by atoms with Gasteiger partial charge in [0.05, 0.1) is 6.54 Å². The van der Waals surface area contributed by atoms with Gasteiger partial charge in [-0.2, -0.15) is 0 Å². The maximum Gasteiger partial charge on any atom is 0.289 e. The summed E-state index contributed by atoms with van der Waals surface area (Å²) in [4.78, 5) is 16.7. The molecule has 4 nitrogen and oxygen atoms in total. The molecule has 1 aromatic heterocycles. The number of carbonyl (C=O) groups excluding carboxylic acids is 1. The third-order valence-corrected chi connectivity index (χ3v) is 5.37. The van der Waals surface area contributed by atoms with Gasteiger partial charge in [0.15, 0.2) is 5.76 Å². The summed E-state index contributed by atoms with van der Waals surface area (Å²) in [7, 11) is 3.97. The van der Waals surface area contributed by atoms with Crippen molar-refractivity contribution in [2.75, 3.05) is 27.2 Å². The summed E-state index contributed by atoms with van der Waals surface area (Å²) in [6.07, 6.45) is 6.50. The summed E-state index contributed by atoms with van der Waals surface area (Å²) in [6, 6.07) is 12.3. The van der Waals surface area contributed by atoms with Crippen molar-refractivity contribution >= 4 is 12.0 Å². The Hall–Kier alpha value is -2.33. The van der Waals surface area contributed by atoms with E-state index in [0.717, 1.165) is 31.7 Å². The molecule has 2 aliphatic rings. The van der Waals surface area contributed by atoms with Crippen LogP contribution in [0.3, 0.4) is 0 Å². The number of allylic oxidation sites excluding steroid dienone is 1. The van der Waals surface area contributed by atoms with Crippen molar-refractivity contribution in [3.05, 3.63) is 65.1 Å². The molecule has 2 heterocycles. The molecular weight excluding hydrogens is 312 g/mol. The highest BCUT2D eigenvalue weighted by Gasteiger charge is 2.39. The van der Waals surface area contributed by atoms with Gasteiger partial charge < -0.3 is 14.2 Å². The lowest BCUT2D eigenvalue weighted by molar-refractivity contribution is 0.0655. The van der Waals surface area contributed by atoms with Crippen molar-refractivity contribution in [1.29, 1.82) is 0 Å². The van der Waals surface area contributed by atoms with Crippen LogP contribution in [0.2, 0.25) is 0 Å². The molecule has 4 rings (SSSR count). The lowest BCUT2D eigenvalue weighted by atomic mass is 9.74. The van der Waals surface area contributed by atoms with Gasteiger partial charge in [-0.25, -0.2) is 0 Å². The van der Waals surface area contributed by atoms with Crippen LogP contribution in [-0.4, -0.2) is 42.9 Å². The van der Waals surface area contributed by atoms with Crippen molar-refractivity contribution in [1.82, 2.24) is 9.80 Å². The average molecular weight is 336 g/mol. The number of nitrogens with zero attached hydrogens (tertiary/aromatic N) is 2. The van der Waals surface area contributed by atoms with E-state index in [-0.39, 0.29) is 11.3 Å². The highest BCUT2D eigenvalue weighted by atomic mass is 16.4. The third kappa shape index (κ3) is 2.91. The molecule has 1 aliphatic carbocycles. The highest BCUT2D eigenvalue weighted by molar-refractivity contribution is 5.91. The van der Waals surface area contributed by atoms with Crippen molar-refractivity contribution in [3.8, 4) is 0 Å². The summed E-state index contributed by atoms with van der Waals surface area (Å²) < 4.78 is 5.74. The van der Waals surface area contributed by atoms with Gasteiger partial charge in [-0.3, -0.25) is 4.79 Å². The van der Waals surface area contributed by atoms with Gasteiger partial charge in [0.2, 0.25) is 0 Å². The quantitative estimate of drug-likeness (QED) is 0.860. The van der Waals surface area contributed by atoms with Gasteiger partial charge in [0.25, 0.3) is 5.91 Å². The lowest BCUT2D eigenvalue weighted by Crippen LogP contribution is -2.43. The minimum Gasteiger partial charge on any atom is -0.455 e. The lowest BCUT2D eigenvalue weighted by Gasteiger charge is -2.39. The molecule has 0 unspecified atom stereocenters. The van der Waals surface area contributed by atoms with Gasteiger partial charge in [-0.15, -0.1) is 0 Å². The third-order valence-electron chi connectivity index (χ3n) is 5.37. The summed E-state index contributed by atoms with van der Waals surface area (Å²) in [5, 5.41) is 0. The summed E-state index contributed by atoms with van der Waals surface area (Å²) in [5.74, 6) is 1.29. The Kier molecular flexibility index (Phi) is 4.00. The molecule has 0 radical (unpaired) electrons. The Balaban J connectivity index is 1.45. The minimum absolute atomic E-state index is 0.00937. The summed E-state index contributed by atoms with van der Waals surface area (Å²) >= 11 is 0. The van der Waals surface area contributed by atoms with Crippen LogP contribution < -0.4 is 0 Å². The van der Waals surface area contributed by atoms with E-state index >= 15 is 0 Å². The average Bonchev–Trinajstić information content (AvgIpc) is 3.21. The van der Waals surface area contributed by atoms with Crippen molar-refractivity contribution in [2.45, 2.75) is 24.8 Å². The normalized spacial score (nSPS) is 18.1. The number of piperidine rings is 1. The van der Waals surface area contributed by atoms with Gasteiger partial charge in [-0.1, -0.05) is 36.4 Å². The number of likely N-dealkylation sites (tertiary alicyclic amines) is 1. The van der Waals surface area contributed by atoms with E-state index in [1.165, 1.54) is 11.1 Å². The molecule has 1 saturated heterocycles. The Labute approximate surface area is 148 Å². The second-order valence-electron chi connectivity index (χ2n) is 7.37. The zero-order valence-corrected chi connectivity index (χ0v) is 14.9. The number of hydrogen-bond acceptors (Lipinski definition) is 3. The molecule has 1 fully saturated rings. The second kappa shape index (κ2) is 6.19. The number of amides is 1. The van der Waals surface area contributed by atoms with Crippen LogP contribution in [0.1, 0.15) is 40.3 Å². The number of fused-ring (bicyclic) bond motifs is 2. The van der Waals surface area contributed by atoms with Crippen LogP contribution in [0.4, 0.5) is 0 Å². The maximum absolute atomic E-state index is 12.7. The molecule has 130 valence electrons. The summed E-state index contributed by atoms with van der Waals surface area (Å²) in [5.41, 5.74) is 2.84. The van der Waals surface area contributed by atoms with Crippen molar-refractivity contribution < 1.29 is 9.21 Å².